The van der Waals surface area contributed by atoms with Gasteiger partial charge in [0, 0.05) is 24.0 Å². The number of fused-ring (bicyclic) bond motifs is 1. The van der Waals surface area contributed by atoms with Gasteiger partial charge in [-0.2, -0.15) is 0 Å². The van der Waals surface area contributed by atoms with Crippen LogP contribution in [0.15, 0.2) is 47.4 Å². The predicted molar refractivity (Wildman–Crippen MR) is 101 cm³/mol. The third kappa shape index (κ3) is 4.63. The lowest BCUT2D eigenvalue weighted by atomic mass is 10.1. The Labute approximate surface area is 148 Å². The van der Waals surface area contributed by atoms with Crippen LogP contribution in [0.1, 0.15) is 12.8 Å². The Balaban J connectivity index is 0.00000192. The first-order valence-corrected chi connectivity index (χ1v) is 8.81. The average molecular weight is 351 g/mol. The van der Waals surface area contributed by atoms with E-state index in [2.05, 4.69) is 35.6 Å². The van der Waals surface area contributed by atoms with Gasteiger partial charge < -0.3 is 10.2 Å². The molecule has 0 aromatic heterocycles. The van der Waals surface area contributed by atoms with E-state index < -0.39 is 0 Å². The van der Waals surface area contributed by atoms with Crippen LogP contribution in [0.25, 0.3) is 10.8 Å². The molecule has 0 unspecified atom stereocenters. The van der Waals surface area contributed by atoms with Crippen LogP contribution in [0.4, 0.5) is 0 Å². The largest absolute Gasteiger partial charge is 0.342 e. The van der Waals surface area contributed by atoms with Crippen molar-refractivity contribution in [2.45, 2.75) is 23.8 Å². The summed E-state index contributed by atoms with van der Waals surface area (Å²) in [4.78, 5) is 15.5. The molecule has 0 bridgehead atoms. The minimum Gasteiger partial charge on any atom is -0.342 e. The number of nitrogens with zero attached hydrogens (tertiary/aromatic N) is 1. The number of rotatable bonds is 4. The van der Waals surface area contributed by atoms with Crippen LogP contribution in [-0.4, -0.2) is 42.7 Å². The van der Waals surface area contributed by atoms with Crippen LogP contribution in [0, 0.1) is 0 Å². The molecule has 0 radical (unpaired) electrons. The quantitative estimate of drug-likeness (QED) is 0.856. The molecular weight excluding hydrogens is 328 g/mol. The second-order valence-corrected chi connectivity index (χ2v) is 6.79. The molecule has 23 heavy (non-hydrogen) atoms. The van der Waals surface area contributed by atoms with Crippen molar-refractivity contribution in [3.8, 4) is 0 Å². The van der Waals surface area contributed by atoms with Gasteiger partial charge in [0.05, 0.1) is 5.75 Å². The number of likely N-dealkylation sites (tertiary alicyclic amines) is 1. The molecule has 3 nitrogen and oxygen atoms in total. The van der Waals surface area contributed by atoms with E-state index in [1.54, 1.807) is 11.8 Å². The monoisotopic (exact) mass is 350 g/mol. The summed E-state index contributed by atoms with van der Waals surface area (Å²) >= 11 is 1.64. The molecule has 1 fully saturated rings. The van der Waals surface area contributed by atoms with Crippen molar-refractivity contribution < 1.29 is 4.79 Å². The Kier molecular flexibility index (Phi) is 6.75. The third-order valence-corrected chi connectivity index (χ3v) is 5.32. The number of amides is 1. The number of thioether (sulfide) groups is 1. The number of halogens is 1. The highest BCUT2D eigenvalue weighted by atomic mass is 35.5. The van der Waals surface area contributed by atoms with E-state index in [4.69, 9.17) is 0 Å². The first-order chi connectivity index (χ1) is 10.8. The highest BCUT2D eigenvalue weighted by molar-refractivity contribution is 8.00. The van der Waals surface area contributed by atoms with E-state index in [1.165, 1.54) is 10.8 Å². The molecule has 0 spiro atoms. The lowest BCUT2D eigenvalue weighted by Crippen LogP contribution is -2.44. The molecule has 3 rings (SSSR count). The third-order valence-electron chi connectivity index (χ3n) is 4.34. The first-order valence-electron chi connectivity index (χ1n) is 7.83. The van der Waals surface area contributed by atoms with Gasteiger partial charge in [0.1, 0.15) is 0 Å². The molecule has 1 saturated heterocycles. The zero-order valence-corrected chi connectivity index (χ0v) is 15.0. The van der Waals surface area contributed by atoms with Crippen molar-refractivity contribution >= 4 is 40.8 Å². The molecular formula is C18H23ClN2OS. The van der Waals surface area contributed by atoms with Crippen LogP contribution in [0.5, 0.6) is 0 Å². The maximum atomic E-state index is 12.3. The maximum Gasteiger partial charge on any atom is 0.232 e. The average Bonchev–Trinajstić information content (AvgIpc) is 2.59. The zero-order valence-electron chi connectivity index (χ0n) is 13.3. The van der Waals surface area contributed by atoms with Gasteiger partial charge in [-0.05, 0) is 42.8 Å². The van der Waals surface area contributed by atoms with E-state index in [0.717, 1.165) is 30.8 Å². The van der Waals surface area contributed by atoms with Gasteiger partial charge in [0.2, 0.25) is 5.91 Å². The minimum atomic E-state index is 0. The van der Waals surface area contributed by atoms with Gasteiger partial charge in [-0.15, -0.1) is 24.2 Å². The fourth-order valence-electron chi connectivity index (χ4n) is 2.91. The van der Waals surface area contributed by atoms with Crippen molar-refractivity contribution in [1.29, 1.82) is 0 Å². The van der Waals surface area contributed by atoms with Crippen LogP contribution < -0.4 is 5.32 Å². The Morgan fingerprint density at radius 3 is 2.57 bits per heavy atom. The van der Waals surface area contributed by atoms with Crippen LogP contribution >= 0.6 is 24.2 Å². The SMILES string of the molecule is CNC1CCN(C(=O)CSc2ccc3ccccc3c2)CC1.Cl. The van der Waals surface area contributed by atoms with E-state index in [0.29, 0.717) is 11.8 Å². The van der Waals surface area contributed by atoms with E-state index >= 15 is 0 Å². The number of hydrogen-bond donors (Lipinski definition) is 1. The maximum absolute atomic E-state index is 12.3. The first kappa shape index (κ1) is 18.1. The molecule has 2 aromatic carbocycles. The molecule has 2 aromatic rings. The number of hydrogen-bond acceptors (Lipinski definition) is 3. The van der Waals surface area contributed by atoms with Gasteiger partial charge in [0.15, 0.2) is 0 Å². The molecule has 0 aliphatic carbocycles. The summed E-state index contributed by atoms with van der Waals surface area (Å²) in [5.74, 6) is 0.787. The Morgan fingerprint density at radius 2 is 1.87 bits per heavy atom. The lowest BCUT2D eigenvalue weighted by Gasteiger charge is -2.31. The lowest BCUT2D eigenvalue weighted by molar-refractivity contribution is -0.129. The summed E-state index contributed by atoms with van der Waals surface area (Å²) < 4.78 is 0. The van der Waals surface area contributed by atoms with E-state index in [-0.39, 0.29) is 18.3 Å². The van der Waals surface area contributed by atoms with Crippen LogP contribution in [0.2, 0.25) is 0 Å². The van der Waals surface area contributed by atoms with Crippen molar-refractivity contribution in [1.82, 2.24) is 10.2 Å². The standard InChI is InChI=1S/C18H22N2OS.ClH/c1-19-16-8-10-20(11-9-16)18(21)13-22-17-7-6-14-4-2-3-5-15(14)12-17;/h2-7,12,16,19H,8-11,13H2,1H3;1H. The Morgan fingerprint density at radius 1 is 1.17 bits per heavy atom. The van der Waals surface area contributed by atoms with E-state index in [1.807, 2.05) is 24.1 Å². The summed E-state index contributed by atoms with van der Waals surface area (Å²) in [5.41, 5.74) is 0. The second-order valence-electron chi connectivity index (χ2n) is 5.74. The summed E-state index contributed by atoms with van der Waals surface area (Å²) in [5, 5.41) is 5.77. The van der Waals surface area contributed by atoms with Crippen molar-refractivity contribution in [3.63, 3.8) is 0 Å². The topological polar surface area (TPSA) is 32.3 Å². The summed E-state index contributed by atoms with van der Waals surface area (Å²) in [6, 6.07) is 15.3. The van der Waals surface area contributed by atoms with Crippen molar-refractivity contribution in [3.05, 3.63) is 42.5 Å². The number of benzene rings is 2. The molecule has 0 atom stereocenters. The zero-order chi connectivity index (χ0) is 15.4. The van der Waals surface area contributed by atoms with Gasteiger partial charge in [-0.25, -0.2) is 0 Å². The predicted octanol–water partition coefficient (Wildman–Crippen LogP) is 3.56. The van der Waals surface area contributed by atoms with Crippen LogP contribution in [0.3, 0.4) is 0 Å². The van der Waals surface area contributed by atoms with Crippen molar-refractivity contribution in [2.75, 3.05) is 25.9 Å². The number of piperidine rings is 1. The van der Waals surface area contributed by atoms with E-state index in [9.17, 15) is 4.79 Å². The summed E-state index contributed by atoms with van der Waals surface area (Å²) in [6.45, 7) is 1.76. The molecule has 1 heterocycles. The Bertz CT molecular complexity index is 656. The fraction of sp³-hybridized carbons (Fsp3) is 0.389. The molecule has 1 aliphatic heterocycles. The number of nitrogens with one attached hydrogen (secondary N) is 1. The Hall–Kier alpha value is -1.23. The molecule has 5 heteroatoms. The second kappa shape index (κ2) is 8.57. The molecule has 1 amide bonds. The van der Waals surface area contributed by atoms with Crippen LogP contribution in [-0.2, 0) is 4.79 Å². The fourth-order valence-corrected chi connectivity index (χ4v) is 3.76. The van der Waals surface area contributed by atoms with Gasteiger partial charge in [-0.1, -0.05) is 30.3 Å². The molecule has 0 saturated carbocycles. The summed E-state index contributed by atoms with van der Waals surface area (Å²) in [7, 11) is 2.00. The molecule has 124 valence electrons. The highest BCUT2D eigenvalue weighted by Gasteiger charge is 2.21. The minimum absolute atomic E-state index is 0. The smallest absolute Gasteiger partial charge is 0.232 e. The summed E-state index contributed by atoms with van der Waals surface area (Å²) in [6.07, 6.45) is 2.12. The van der Waals surface area contributed by atoms with Gasteiger partial charge in [-0.3, -0.25) is 4.79 Å². The van der Waals surface area contributed by atoms with Gasteiger partial charge >= 0.3 is 0 Å². The normalized spacial score (nSPS) is 15.4. The van der Waals surface area contributed by atoms with Crippen molar-refractivity contribution in [2.24, 2.45) is 0 Å². The molecule has 1 N–H and O–H groups in total. The highest BCUT2D eigenvalue weighted by Crippen LogP contribution is 2.24. The van der Waals surface area contributed by atoms with Gasteiger partial charge in [0.25, 0.3) is 0 Å². The number of carbonyl (C=O) groups is 1. The molecule has 1 aliphatic rings. The number of carbonyl (C=O) groups excluding carboxylic acids is 1.